The number of hydrogen-bond donors (Lipinski definition) is 2. The van der Waals surface area contributed by atoms with Gasteiger partial charge in [-0.2, -0.15) is 0 Å². The number of amides is 1. The Morgan fingerprint density at radius 1 is 1.35 bits per heavy atom. The number of pyridine rings is 1. The van der Waals surface area contributed by atoms with Crippen LogP contribution in [0.15, 0.2) is 18.5 Å². The Morgan fingerprint density at radius 3 is 2.65 bits per heavy atom. The molecule has 4 nitrogen and oxygen atoms in total. The molecule has 0 aliphatic carbocycles. The highest BCUT2D eigenvalue weighted by molar-refractivity contribution is 5.81. The Morgan fingerprint density at radius 2 is 2.06 bits per heavy atom. The lowest BCUT2D eigenvalue weighted by Gasteiger charge is -2.16. The summed E-state index contributed by atoms with van der Waals surface area (Å²) in [5.74, 6) is 0.0283. The van der Waals surface area contributed by atoms with Gasteiger partial charge in [0.15, 0.2) is 0 Å². The molecule has 1 aromatic rings. The van der Waals surface area contributed by atoms with Crippen LogP contribution in [0.1, 0.15) is 31.9 Å². The van der Waals surface area contributed by atoms with E-state index in [-0.39, 0.29) is 18.0 Å². The lowest BCUT2D eigenvalue weighted by Crippen LogP contribution is -2.44. The van der Waals surface area contributed by atoms with Gasteiger partial charge in [-0.25, -0.2) is 0 Å². The minimum Gasteiger partial charge on any atom is -0.353 e. The molecule has 4 heteroatoms. The normalized spacial score (nSPS) is 12.5. The van der Waals surface area contributed by atoms with E-state index in [0.29, 0.717) is 6.54 Å². The molecule has 0 aliphatic heterocycles. The molecule has 0 spiro atoms. The molecule has 1 amide bonds. The highest BCUT2D eigenvalue weighted by Gasteiger charge is 2.12. The second kappa shape index (κ2) is 6.35. The van der Waals surface area contributed by atoms with E-state index in [2.05, 4.69) is 21.7 Å². The zero-order valence-corrected chi connectivity index (χ0v) is 10.9. The monoisotopic (exact) mass is 235 g/mol. The van der Waals surface area contributed by atoms with Gasteiger partial charge >= 0.3 is 0 Å². The van der Waals surface area contributed by atoms with Crippen LogP contribution in [0.4, 0.5) is 0 Å². The number of carbonyl (C=O) groups excluding carboxylic acids is 1. The fraction of sp³-hybridized carbons (Fsp3) is 0.538. The minimum atomic E-state index is -0.196. The Hall–Kier alpha value is -1.42. The van der Waals surface area contributed by atoms with Crippen LogP contribution in [0.2, 0.25) is 0 Å². The maximum absolute atomic E-state index is 11.7. The molecule has 1 unspecified atom stereocenters. The topological polar surface area (TPSA) is 54.0 Å². The standard InChI is InChI=1S/C13H21N3O/c1-9(2)16-13(17)11(4)15-8-12-5-10(3)6-14-7-12/h5-7,9,11,15H,8H2,1-4H3,(H,16,17). The van der Waals surface area contributed by atoms with Gasteiger partial charge in [-0.15, -0.1) is 0 Å². The maximum atomic E-state index is 11.7. The van der Waals surface area contributed by atoms with Crippen molar-refractivity contribution < 1.29 is 4.79 Å². The van der Waals surface area contributed by atoms with Gasteiger partial charge in [-0.3, -0.25) is 9.78 Å². The van der Waals surface area contributed by atoms with Gasteiger partial charge in [0.1, 0.15) is 0 Å². The van der Waals surface area contributed by atoms with Crippen molar-refractivity contribution in [2.45, 2.75) is 46.3 Å². The van der Waals surface area contributed by atoms with E-state index in [1.165, 1.54) is 0 Å². The third-order valence-electron chi connectivity index (χ3n) is 2.37. The number of rotatable bonds is 5. The molecule has 2 N–H and O–H groups in total. The molecular formula is C13H21N3O. The average molecular weight is 235 g/mol. The van der Waals surface area contributed by atoms with E-state index >= 15 is 0 Å². The molecule has 17 heavy (non-hydrogen) atoms. The molecule has 94 valence electrons. The first-order valence-corrected chi connectivity index (χ1v) is 5.93. The van der Waals surface area contributed by atoms with Crippen LogP contribution in [-0.2, 0) is 11.3 Å². The molecule has 0 aliphatic rings. The number of nitrogens with one attached hydrogen (secondary N) is 2. The van der Waals surface area contributed by atoms with Crippen molar-refractivity contribution in [2.75, 3.05) is 0 Å². The summed E-state index contributed by atoms with van der Waals surface area (Å²) in [5.41, 5.74) is 2.22. The lowest BCUT2D eigenvalue weighted by atomic mass is 10.2. The summed E-state index contributed by atoms with van der Waals surface area (Å²) in [5, 5.41) is 6.05. The molecule has 1 atom stereocenters. The van der Waals surface area contributed by atoms with Gasteiger partial charge in [0.25, 0.3) is 0 Å². The Labute approximate surface area is 103 Å². The summed E-state index contributed by atoms with van der Waals surface area (Å²) in [6.45, 7) is 8.43. The largest absolute Gasteiger partial charge is 0.353 e. The molecule has 0 aromatic carbocycles. The molecule has 0 bridgehead atoms. The van der Waals surface area contributed by atoms with Gasteiger partial charge in [-0.05, 0) is 38.8 Å². The summed E-state index contributed by atoms with van der Waals surface area (Å²) < 4.78 is 0. The van der Waals surface area contributed by atoms with Gasteiger partial charge in [0.2, 0.25) is 5.91 Å². The number of aryl methyl sites for hydroxylation is 1. The van der Waals surface area contributed by atoms with Crippen molar-refractivity contribution in [1.29, 1.82) is 0 Å². The van der Waals surface area contributed by atoms with E-state index in [0.717, 1.165) is 11.1 Å². The molecule has 0 saturated heterocycles. The van der Waals surface area contributed by atoms with E-state index in [1.54, 1.807) is 0 Å². The molecule has 1 aromatic heterocycles. The van der Waals surface area contributed by atoms with Crippen molar-refractivity contribution in [1.82, 2.24) is 15.6 Å². The minimum absolute atomic E-state index is 0.0283. The van der Waals surface area contributed by atoms with Crippen molar-refractivity contribution in [3.05, 3.63) is 29.6 Å². The SMILES string of the molecule is Cc1cncc(CNC(C)C(=O)NC(C)C)c1. The van der Waals surface area contributed by atoms with Crippen molar-refractivity contribution in [3.8, 4) is 0 Å². The molecule has 0 fully saturated rings. The van der Waals surface area contributed by atoms with E-state index in [1.807, 2.05) is 40.1 Å². The number of aromatic nitrogens is 1. The van der Waals surface area contributed by atoms with Crippen molar-refractivity contribution in [2.24, 2.45) is 0 Å². The number of hydrogen-bond acceptors (Lipinski definition) is 3. The molecule has 0 saturated carbocycles. The predicted molar refractivity (Wildman–Crippen MR) is 68.6 cm³/mol. The summed E-state index contributed by atoms with van der Waals surface area (Å²) in [7, 11) is 0. The Balaban J connectivity index is 2.42. The zero-order valence-electron chi connectivity index (χ0n) is 10.9. The van der Waals surface area contributed by atoms with E-state index in [4.69, 9.17) is 0 Å². The lowest BCUT2D eigenvalue weighted by molar-refractivity contribution is -0.123. The second-order valence-corrected chi connectivity index (χ2v) is 4.64. The van der Waals surface area contributed by atoms with Crippen LogP contribution in [0, 0.1) is 6.92 Å². The average Bonchev–Trinajstić information content (AvgIpc) is 2.25. The fourth-order valence-corrected chi connectivity index (χ4v) is 1.49. The van der Waals surface area contributed by atoms with Gasteiger partial charge in [0.05, 0.1) is 6.04 Å². The van der Waals surface area contributed by atoms with Crippen molar-refractivity contribution in [3.63, 3.8) is 0 Å². The van der Waals surface area contributed by atoms with Crippen LogP contribution < -0.4 is 10.6 Å². The highest BCUT2D eigenvalue weighted by atomic mass is 16.2. The third kappa shape index (κ3) is 4.95. The smallest absolute Gasteiger partial charge is 0.237 e. The summed E-state index contributed by atoms with van der Waals surface area (Å²) in [6, 6.07) is 2.04. The quantitative estimate of drug-likeness (QED) is 0.811. The Bertz CT molecular complexity index is 377. The van der Waals surface area contributed by atoms with Crippen LogP contribution in [0.5, 0.6) is 0 Å². The van der Waals surface area contributed by atoms with Gasteiger partial charge in [0, 0.05) is 25.0 Å². The highest BCUT2D eigenvalue weighted by Crippen LogP contribution is 2.01. The Kier molecular flexibility index (Phi) is 5.10. The second-order valence-electron chi connectivity index (χ2n) is 4.64. The predicted octanol–water partition coefficient (Wildman–Crippen LogP) is 1.39. The van der Waals surface area contributed by atoms with Crippen LogP contribution in [0.3, 0.4) is 0 Å². The van der Waals surface area contributed by atoms with Crippen LogP contribution in [0.25, 0.3) is 0 Å². The van der Waals surface area contributed by atoms with Crippen molar-refractivity contribution >= 4 is 5.91 Å². The third-order valence-corrected chi connectivity index (χ3v) is 2.37. The summed E-state index contributed by atoms with van der Waals surface area (Å²) >= 11 is 0. The first kappa shape index (κ1) is 13.6. The first-order valence-electron chi connectivity index (χ1n) is 5.93. The summed E-state index contributed by atoms with van der Waals surface area (Å²) in [4.78, 5) is 15.8. The molecule has 1 heterocycles. The molecule has 0 radical (unpaired) electrons. The van der Waals surface area contributed by atoms with Crippen LogP contribution in [-0.4, -0.2) is 23.0 Å². The van der Waals surface area contributed by atoms with E-state index in [9.17, 15) is 4.79 Å². The number of nitrogens with zero attached hydrogens (tertiary/aromatic N) is 1. The zero-order chi connectivity index (χ0) is 12.8. The van der Waals surface area contributed by atoms with E-state index < -0.39 is 0 Å². The van der Waals surface area contributed by atoms with Gasteiger partial charge < -0.3 is 10.6 Å². The molecular weight excluding hydrogens is 214 g/mol. The fourth-order valence-electron chi connectivity index (χ4n) is 1.49. The van der Waals surface area contributed by atoms with Gasteiger partial charge in [-0.1, -0.05) is 6.07 Å². The number of carbonyl (C=O) groups is 1. The van der Waals surface area contributed by atoms with Crippen LogP contribution >= 0.6 is 0 Å². The molecule has 1 rings (SSSR count). The summed E-state index contributed by atoms with van der Waals surface area (Å²) in [6.07, 6.45) is 3.63. The first-order chi connectivity index (χ1) is 7.99. The maximum Gasteiger partial charge on any atom is 0.237 e.